The van der Waals surface area contributed by atoms with Crippen LogP contribution in [0, 0.1) is 0 Å². The maximum atomic E-state index is 12.2. The molecule has 0 atom stereocenters. The van der Waals surface area contributed by atoms with Crippen molar-refractivity contribution >= 4 is 5.91 Å². The minimum absolute atomic E-state index is 0.0225. The molecule has 2 aromatic carbocycles. The SMILES string of the molecule is COc1ccc(CC(=O)NCc2ccccc2OC(C)(C)C)cc1. The van der Waals surface area contributed by atoms with Crippen LogP contribution < -0.4 is 14.8 Å². The Kier molecular flexibility index (Phi) is 5.85. The van der Waals surface area contributed by atoms with Crippen molar-refractivity contribution in [3.63, 3.8) is 0 Å². The van der Waals surface area contributed by atoms with Crippen LogP contribution in [0.25, 0.3) is 0 Å². The molecule has 1 amide bonds. The summed E-state index contributed by atoms with van der Waals surface area (Å²) in [5, 5.41) is 2.95. The zero-order valence-electron chi connectivity index (χ0n) is 14.8. The molecule has 128 valence electrons. The number of methoxy groups -OCH3 is 1. The number of rotatable bonds is 6. The van der Waals surface area contributed by atoms with E-state index in [1.165, 1.54) is 0 Å². The quantitative estimate of drug-likeness (QED) is 0.879. The molecular formula is C20H25NO3. The lowest BCUT2D eigenvalue weighted by atomic mass is 10.1. The van der Waals surface area contributed by atoms with E-state index in [-0.39, 0.29) is 11.5 Å². The third-order valence-corrected chi connectivity index (χ3v) is 3.39. The summed E-state index contributed by atoms with van der Waals surface area (Å²) in [6.45, 7) is 6.46. The number of hydrogen-bond donors (Lipinski definition) is 1. The molecule has 2 rings (SSSR count). The topological polar surface area (TPSA) is 47.6 Å². The minimum Gasteiger partial charge on any atom is -0.497 e. The number of hydrogen-bond acceptors (Lipinski definition) is 3. The van der Waals surface area contributed by atoms with Gasteiger partial charge in [-0.25, -0.2) is 0 Å². The Bertz CT molecular complexity index is 672. The van der Waals surface area contributed by atoms with E-state index in [1.807, 2.05) is 69.3 Å². The molecule has 4 heteroatoms. The largest absolute Gasteiger partial charge is 0.497 e. The Labute approximate surface area is 143 Å². The lowest BCUT2D eigenvalue weighted by Crippen LogP contribution is -2.27. The number of nitrogens with one attached hydrogen (secondary N) is 1. The van der Waals surface area contributed by atoms with Gasteiger partial charge in [-0.3, -0.25) is 4.79 Å². The highest BCUT2D eigenvalue weighted by Crippen LogP contribution is 2.22. The van der Waals surface area contributed by atoms with Crippen molar-refractivity contribution in [3.8, 4) is 11.5 Å². The molecule has 0 radical (unpaired) electrons. The van der Waals surface area contributed by atoms with Gasteiger partial charge >= 0.3 is 0 Å². The van der Waals surface area contributed by atoms with Crippen LogP contribution in [0.4, 0.5) is 0 Å². The van der Waals surface area contributed by atoms with Gasteiger partial charge < -0.3 is 14.8 Å². The van der Waals surface area contributed by atoms with Crippen molar-refractivity contribution in [3.05, 3.63) is 59.7 Å². The molecule has 0 saturated carbocycles. The van der Waals surface area contributed by atoms with Crippen molar-refractivity contribution < 1.29 is 14.3 Å². The molecule has 0 aliphatic heterocycles. The maximum Gasteiger partial charge on any atom is 0.224 e. The van der Waals surface area contributed by atoms with E-state index < -0.39 is 0 Å². The zero-order valence-corrected chi connectivity index (χ0v) is 14.8. The summed E-state index contributed by atoms with van der Waals surface area (Å²) in [5.41, 5.74) is 1.64. The van der Waals surface area contributed by atoms with Crippen LogP contribution in [0.2, 0.25) is 0 Å². The monoisotopic (exact) mass is 327 g/mol. The average Bonchev–Trinajstić information content (AvgIpc) is 2.53. The number of carbonyl (C=O) groups is 1. The highest BCUT2D eigenvalue weighted by Gasteiger charge is 2.14. The summed E-state index contributed by atoms with van der Waals surface area (Å²) in [4.78, 5) is 12.2. The van der Waals surface area contributed by atoms with E-state index >= 15 is 0 Å². The van der Waals surface area contributed by atoms with Crippen molar-refractivity contribution in [2.24, 2.45) is 0 Å². The summed E-state index contributed by atoms with van der Waals surface area (Å²) < 4.78 is 11.1. The van der Waals surface area contributed by atoms with Crippen LogP contribution in [0.3, 0.4) is 0 Å². The van der Waals surface area contributed by atoms with Gasteiger partial charge in [-0.05, 0) is 44.5 Å². The first-order valence-corrected chi connectivity index (χ1v) is 8.04. The molecule has 0 spiro atoms. The fraction of sp³-hybridized carbons (Fsp3) is 0.350. The lowest BCUT2D eigenvalue weighted by Gasteiger charge is -2.23. The first kappa shape index (κ1) is 17.9. The molecule has 0 fully saturated rings. The Morgan fingerprint density at radius 2 is 1.71 bits per heavy atom. The molecule has 0 saturated heterocycles. The summed E-state index contributed by atoms with van der Waals surface area (Å²) in [6.07, 6.45) is 0.340. The van der Waals surface area contributed by atoms with E-state index in [9.17, 15) is 4.79 Å². The smallest absolute Gasteiger partial charge is 0.224 e. The van der Waals surface area contributed by atoms with E-state index in [2.05, 4.69) is 5.32 Å². The molecule has 4 nitrogen and oxygen atoms in total. The fourth-order valence-electron chi connectivity index (χ4n) is 2.26. The van der Waals surface area contributed by atoms with E-state index in [0.29, 0.717) is 13.0 Å². The van der Waals surface area contributed by atoms with Crippen molar-refractivity contribution in [1.82, 2.24) is 5.32 Å². The summed E-state index contributed by atoms with van der Waals surface area (Å²) >= 11 is 0. The fourth-order valence-corrected chi connectivity index (χ4v) is 2.26. The van der Waals surface area contributed by atoms with E-state index in [4.69, 9.17) is 9.47 Å². The zero-order chi connectivity index (χ0) is 17.6. The van der Waals surface area contributed by atoms with Gasteiger partial charge in [0.15, 0.2) is 0 Å². The molecule has 0 aliphatic rings. The Balaban J connectivity index is 1.94. The van der Waals surface area contributed by atoms with Crippen LogP contribution in [-0.4, -0.2) is 18.6 Å². The predicted octanol–water partition coefficient (Wildman–Crippen LogP) is 3.73. The van der Waals surface area contributed by atoms with Gasteiger partial charge in [-0.2, -0.15) is 0 Å². The van der Waals surface area contributed by atoms with Gasteiger partial charge in [0, 0.05) is 12.1 Å². The van der Waals surface area contributed by atoms with Crippen LogP contribution in [0.1, 0.15) is 31.9 Å². The van der Waals surface area contributed by atoms with Crippen LogP contribution in [-0.2, 0) is 17.8 Å². The van der Waals surface area contributed by atoms with Crippen molar-refractivity contribution in [1.29, 1.82) is 0 Å². The number of benzene rings is 2. The van der Waals surface area contributed by atoms with E-state index in [0.717, 1.165) is 22.6 Å². The second-order valence-corrected chi connectivity index (χ2v) is 6.62. The van der Waals surface area contributed by atoms with Crippen LogP contribution in [0.15, 0.2) is 48.5 Å². The van der Waals surface area contributed by atoms with Gasteiger partial charge in [0.1, 0.15) is 17.1 Å². The number of amides is 1. The number of para-hydroxylation sites is 1. The summed E-state index contributed by atoms with van der Waals surface area (Å²) in [5.74, 6) is 1.56. The number of carbonyl (C=O) groups excluding carboxylic acids is 1. The van der Waals surface area contributed by atoms with Crippen LogP contribution >= 0.6 is 0 Å². The van der Waals surface area contributed by atoms with Gasteiger partial charge in [0.25, 0.3) is 0 Å². The third kappa shape index (κ3) is 5.61. The summed E-state index contributed by atoms with van der Waals surface area (Å²) in [7, 11) is 1.62. The lowest BCUT2D eigenvalue weighted by molar-refractivity contribution is -0.120. The van der Waals surface area contributed by atoms with Gasteiger partial charge in [0.05, 0.1) is 13.5 Å². The average molecular weight is 327 g/mol. The Hall–Kier alpha value is -2.49. The first-order chi connectivity index (χ1) is 11.4. The minimum atomic E-state index is -0.275. The molecule has 0 heterocycles. The van der Waals surface area contributed by atoms with Gasteiger partial charge in [-0.1, -0.05) is 30.3 Å². The van der Waals surface area contributed by atoms with Crippen molar-refractivity contribution in [2.75, 3.05) is 7.11 Å². The second kappa shape index (κ2) is 7.86. The molecular weight excluding hydrogens is 302 g/mol. The molecule has 24 heavy (non-hydrogen) atoms. The molecule has 1 N–H and O–H groups in total. The predicted molar refractivity (Wildman–Crippen MR) is 95.4 cm³/mol. The highest BCUT2D eigenvalue weighted by atomic mass is 16.5. The van der Waals surface area contributed by atoms with Crippen LogP contribution in [0.5, 0.6) is 11.5 Å². The first-order valence-electron chi connectivity index (χ1n) is 8.04. The van der Waals surface area contributed by atoms with Gasteiger partial charge in [-0.15, -0.1) is 0 Å². The molecule has 0 bridgehead atoms. The second-order valence-electron chi connectivity index (χ2n) is 6.62. The highest BCUT2D eigenvalue weighted by molar-refractivity contribution is 5.78. The normalized spacial score (nSPS) is 11.0. The van der Waals surface area contributed by atoms with E-state index in [1.54, 1.807) is 7.11 Å². The van der Waals surface area contributed by atoms with Gasteiger partial charge in [0.2, 0.25) is 5.91 Å². The maximum absolute atomic E-state index is 12.2. The Morgan fingerprint density at radius 3 is 2.33 bits per heavy atom. The standard InChI is InChI=1S/C20H25NO3/c1-20(2,3)24-18-8-6-5-7-16(18)14-21-19(22)13-15-9-11-17(23-4)12-10-15/h5-12H,13-14H2,1-4H3,(H,21,22). The molecule has 0 aliphatic carbocycles. The van der Waals surface area contributed by atoms with Crippen molar-refractivity contribution in [2.45, 2.75) is 39.3 Å². The summed E-state index contributed by atoms with van der Waals surface area (Å²) in [6, 6.07) is 15.3. The molecule has 0 unspecified atom stereocenters. The molecule has 0 aromatic heterocycles. The number of ether oxygens (including phenoxy) is 2. The Morgan fingerprint density at radius 1 is 1.04 bits per heavy atom. The third-order valence-electron chi connectivity index (χ3n) is 3.39. The molecule has 2 aromatic rings.